The number of anilines is 1. The Labute approximate surface area is 155 Å². The highest BCUT2D eigenvalue weighted by Gasteiger charge is 2.28. The van der Waals surface area contributed by atoms with Crippen LogP contribution in [0.2, 0.25) is 0 Å². The molecule has 0 atom stereocenters. The summed E-state index contributed by atoms with van der Waals surface area (Å²) < 4.78 is 10.2. The lowest BCUT2D eigenvalue weighted by Crippen LogP contribution is -2.42. The Bertz CT molecular complexity index is 969. The van der Waals surface area contributed by atoms with Crippen LogP contribution < -0.4 is 5.32 Å². The highest BCUT2D eigenvalue weighted by molar-refractivity contribution is 5.92. The maximum atomic E-state index is 12.6. The predicted molar refractivity (Wildman–Crippen MR) is 96.9 cm³/mol. The Kier molecular flexibility index (Phi) is 4.62. The minimum Gasteiger partial charge on any atom is -0.360 e. The molecule has 1 aliphatic rings. The normalized spacial score (nSPS) is 15.2. The van der Waals surface area contributed by atoms with Gasteiger partial charge in [0, 0.05) is 30.5 Å². The summed E-state index contributed by atoms with van der Waals surface area (Å²) in [5.41, 5.74) is 1.33. The quantitative estimate of drug-likeness (QED) is 0.759. The largest absolute Gasteiger partial charge is 0.360 e. The summed E-state index contributed by atoms with van der Waals surface area (Å²) in [5.74, 6) is 0.844. The van der Waals surface area contributed by atoms with Crippen LogP contribution in [-0.4, -0.2) is 40.1 Å². The SMILES string of the molecule is Cc1cc(NC(=O)C2CCN(C(=O)Cc3noc4ccccc34)CC2)no1. The van der Waals surface area contributed by atoms with Crippen molar-refractivity contribution in [3.8, 4) is 0 Å². The molecule has 0 unspecified atom stereocenters. The maximum absolute atomic E-state index is 12.6. The van der Waals surface area contributed by atoms with Crippen LogP contribution in [0.1, 0.15) is 24.3 Å². The Morgan fingerprint density at radius 3 is 2.70 bits per heavy atom. The molecule has 1 aromatic carbocycles. The van der Waals surface area contributed by atoms with Gasteiger partial charge in [-0.25, -0.2) is 0 Å². The third kappa shape index (κ3) is 3.69. The number of nitrogens with one attached hydrogen (secondary N) is 1. The first kappa shape index (κ1) is 17.3. The summed E-state index contributed by atoms with van der Waals surface area (Å²) in [6.45, 7) is 2.86. The molecule has 1 aliphatic heterocycles. The Hall–Kier alpha value is -3.16. The lowest BCUT2D eigenvalue weighted by atomic mass is 9.95. The van der Waals surface area contributed by atoms with E-state index in [4.69, 9.17) is 9.05 Å². The second-order valence-corrected chi connectivity index (χ2v) is 6.77. The second-order valence-electron chi connectivity index (χ2n) is 6.77. The van der Waals surface area contributed by atoms with E-state index in [2.05, 4.69) is 15.6 Å². The van der Waals surface area contributed by atoms with E-state index in [1.807, 2.05) is 24.3 Å². The molecule has 3 aromatic rings. The number of carbonyl (C=O) groups is 2. The number of para-hydroxylation sites is 1. The van der Waals surface area contributed by atoms with Crippen molar-refractivity contribution in [2.45, 2.75) is 26.2 Å². The minimum absolute atomic E-state index is 0.0000345. The highest BCUT2D eigenvalue weighted by atomic mass is 16.5. The van der Waals surface area contributed by atoms with Crippen molar-refractivity contribution in [2.75, 3.05) is 18.4 Å². The molecule has 0 saturated carbocycles. The first-order chi connectivity index (χ1) is 13.1. The molecule has 3 heterocycles. The van der Waals surface area contributed by atoms with Crippen molar-refractivity contribution >= 4 is 28.6 Å². The summed E-state index contributed by atoms with van der Waals surface area (Å²) in [6, 6.07) is 9.18. The van der Waals surface area contributed by atoms with Gasteiger partial charge in [0.1, 0.15) is 11.5 Å². The molecule has 2 amide bonds. The monoisotopic (exact) mass is 368 g/mol. The Morgan fingerprint density at radius 1 is 1.19 bits per heavy atom. The van der Waals surface area contributed by atoms with Crippen molar-refractivity contribution in [3.63, 3.8) is 0 Å². The summed E-state index contributed by atoms with van der Waals surface area (Å²) in [7, 11) is 0. The third-order valence-corrected chi connectivity index (χ3v) is 4.87. The number of benzene rings is 1. The topological polar surface area (TPSA) is 101 Å². The van der Waals surface area contributed by atoms with E-state index in [9.17, 15) is 9.59 Å². The van der Waals surface area contributed by atoms with Crippen LogP contribution in [0.4, 0.5) is 5.82 Å². The number of likely N-dealkylation sites (tertiary alicyclic amines) is 1. The van der Waals surface area contributed by atoms with E-state index in [0.29, 0.717) is 48.8 Å². The molecule has 1 N–H and O–H groups in total. The summed E-state index contributed by atoms with van der Waals surface area (Å²) in [6.07, 6.45) is 1.44. The van der Waals surface area contributed by atoms with Crippen LogP contribution in [0.25, 0.3) is 11.0 Å². The average Bonchev–Trinajstić information content (AvgIpc) is 3.28. The van der Waals surface area contributed by atoms with Crippen LogP contribution in [-0.2, 0) is 16.0 Å². The fourth-order valence-electron chi connectivity index (χ4n) is 3.37. The van der Waals surface area contributed by atoms with E-state index in [0.717, 1.165) is 5.39 Å². The van der Waals surface area contributed by atoms with E-state index in [-0.39, 0.29) is 24.2 Å². The van der Waals surface area contributed by atoms with Crippen molar-refractivity contribution in [1.82, 2.24) is 15.2 Å². The number of amides is 2. The molecule has 4 rings (SSSR count). The number of piperidine rings is 1. The number of fused-ring (bicyclic) bond motifs is 1. The van der Waals surface area contributed by atoms with Crippen molar-refractivity contribution in [3.05, 3.63) is 41.8 Å². The number of hydrogen-bond acceptors (Lipinski definition) is 6. The lowest BCUT2D eigenvalue weighted by molar-refractivity contribution is -0.133. The van der Waals surface area contributed by atoms with Crippen LogP contribution in [0, 0.1) is 12.8 Å². The number of carbonyl (C=O) groups excluding carboxylic acids is 2. The van der Waals surface area contributed by atoms with Crippen LogP contribution in [0.3, 0.4) is 0 Å². The van der Waals surface area contributed by atoms with Gasteiger partial charge in [0.25, 0.3) is 0 Å². The molecule has 8 heteroatoms. The van der Waals surface area contributed by atoms with E-state index >= 15 is 0 Å². The maximum Gasteiger partial charge on any atom is 0.228 e. The molecular weight excluding hydrogens is 348 g/mol. The van der Waals surface area contributed by atoms with Gasteiger partial charge in [0.2, 0.25) is 11.8 Å². The first-order valence-electron chi connectivity index (χ1n) is 8.95. The molecule has 27 heavy (non-hydrogen) atoms. The zero-order valence-corrected chi connectivity index (χ0v) is 15.0. The van der Waals surface area contributed by atoms with E-state index < -0.39 is 0 Å². The van der Waals surface area contributed by atoms with Gasteiger partial charge in [0.05, 0.1) is 6.42 Å². The van der Waals surface area contributed by atoms with Gasteiger partial charge < -0.3 is 19.3 Å². The van der Waals surface area contributed by atoms with Gasteiger partial charge in [0.15, 0.2) is 11.4 Å². The number of aromatic nitrogens is 2. The number of rotatable bonds is 4. The Morgan fingerprint density at radius 2 is 1.96 bits per heavy atom. The number of hydrogen-bond donors (Lipinski definition) is 1. The zero-order chi connectivity index (χ0) is 18.8. The lowest BCUT2D eigenvalue weighted by Gasteiger charge is -2.31. The van der Waals surface area contributed by atoms with Gasteiger partial charge in [-0.3, -0.25) is 9.59 Å². The molecule has 1 fully saturated rings. The molecule has 0 aliphatic carbocycles. The summed E-state index contributed by atoms with van der Waals surface area (Å²) in [4.78, 5) is 26.7. The minimum atomic E-state index is -0.140. The van der Waals surface area contributed by atoms with E-state index in [1.54, 1.807) is 17.9 Å². The van der Waals surface area contributed by atoms with Gasteiger partial charge in [-0.1, -0.05) is 22.4 Å². The van der Waals surface area contributed by atoms with E-state index in [1.165, 1.54) is 0 Å². The van der Waals surface area contributed by atoms with Crippen molar-refractivity contribution in [2.24, 2.45) is 5.92 Å². The molecule has 0 bridgehead atoms. The summed E-state index contributed by atoms with van der Waals surface area (Å²) in [5, 5.41) is 11.4. The zero-order valence-electron chi connectivity index (χ0n) is 15.0. The number of nitrogens with zero attached hydrogens (tertiary/aromatic N) is 3. The first-order valence-corrected chi connectivity index (χ1v) is 8.95. The molecular formula is C19H20N4O4. The smallest absolute Gasteiger partial charge is 0.228 e. The molecule has 1 saturated heterocycles. The standard InChI is InChI=1S/C19H20N4O4/c1-12-10-17(22-26-12)20-19(25)13-6-8-23(9-7-13)18(24)11-15-14-4-2-3-5-16(14)27-21-15/h2-5,10,13H,6-9,11H2,1H3,(H,20,22,25). The molecule has 0 radical (unpaired) electrons. The van der Waals surface area contributed by atoms with Gasteiger partial charge in [-0.05, 0) is 31.9 Å². The van der Waals surface area contributed by atoms with Crippen molar-refractivity contribution < 1.29 is 18.6 Å². The second kappa shape index (κ2) is 7.22. The number of aryl methyl sites for hydroxylation is 1. The summed E-state index contributed by atoms with van der Waals surface area (Å²) >= 11 is 0. The van der Waals surface area contributed by atoms with Gasteiger partial charge in [-0.15, -0.1) is 0 Å². The molecule has 8 nitrogen and oxygen atoms in total. The molecule has 2 aromatic heterocycles. The van der Waals surface area contributed by atoms with Crippen LogP contribution >= 0.6 is 0 Å². The predicted octanol–water partition coefficient (Wildman–Crippen LogP) is 2.54. The molecule has 0 spiro atoms. The van der Waals surface area contributed by atoms with Crippen LogP contribution in [0.5, 0.6) is 0 Å². The fourth-order valence-corrected chi connectivity index (χ4v) is 3.37. The van der Waals surface area contributed by atoms with Crippen LogP contribution in [0.15, 0.2) is 39.4 Å². The highest BCUT2D eigenvalue weighted by Crippen LogP contribution is 2.22. The molecule has 140 valence electrons. The van der Waals surface area contributed by atoms with Crippen molar-refractivity contribution in [1.29, 1.82) is 0 Å². The Balaban J connectivity index is 1.32. The average molecular weight is 368 g/mol. The van der Waals surface area contributed by atoms with Gasteiger partial charge >= 0.3 is 0 Å². The third-order valence-electron chi connectivity index (χ3n) is 4.87. The van der Waals surface area contributed by atoms with Gasteiger partial charge in [-0.2, -0.15) is 0 Å². The fraction of sp³-hybridized carbons (Fsp3) is 0.368.